The summed E-state index contributed by atoms with van der Waals surface area (Å²) >= 11 is 3.43. The molecule has 24 heavy (non-hydrogen) atoms. The standard InChI is InChI=1S/C19H22BrN3O/c1-14-12-15(20)4-9-18(14)22-19(24)13-21-16-5-7-17(8-6-16)23-10-2-3-11-23/h4-9,12,21H,2-3,10-11,13H2,1H3,(H,22,24). The summed E-state index contributed by atoms with van der Waals surface area (Å²) in [5.41, 5.74) is 4.09. The first kappa shape index (κ1) is 16.8. The van der Waals surface area contributed by atoms with E-state index in [0.717, 1.165) is 34.5 Å². The molecule has 0 saturated carbocycles. The lowest BCUT2D eigenvalue weighted by Gasteiger charge is -2.18. The molecule has 0 bridgehead atoms. The van der Waals surface area contributed by atoms with E-state index < -0.39 is 0 Å². The molecule has 1 aliphatic heterocycles. The second kappa shape index (κ2) is 7.71. The molecule has 1 amide bonds. The minimum absolute atomic E-state index is 0.0518. The SMILES string of the molecule is Cc1cc(Br)ccc1NC(=O)CNc1ccc(N2CCCC2)cc1. The Morgan fingerprint density at radius 1 is 1.12 bits per heavy atom. The molecule has 4 nitrogen and oxygen atoms in total. The van der Waals surface area contributed by atoms with Crippen LogP contribution in [0.4, 0.5) is 17.1 Å². The molecule has 126 valence electrons. The van der Waals surface area contributed by atoms with Gasteiger partial charge in [-0.15, -0.1) is 0 Å². The highest BCUT2D eigenvalue weighted by molar-refractivity contribution is 9.10. The van der Waals surface area contributed by atoms with Gasteiger partial charge in [-0.1, -0.05) is 15.9 Å². The van der Waals surface area contributed by atoms with Crippen molar-refractivity contribution < 1.29 is 4.79 Å². The van der Waals surface area contributed by atoms with Crippen LogP contribution in [0.15, 0.2) is 46.9 Å². The first-order chi connectivity index (χ1) is 11.6. The lowest BCUT2D eigenvalue weighted by Crippen LogP contribution is -2.22. The summed E-state index contributed by atoms with van der Waals surface area (Å²) in [6.45, 7) is 4.51. The van der Waals surface area contributed by atoms with Crippen LogP contribution in [0.3, 0.4) is 0 Å². The monoisotopic (exact) mass is 387 g/mol. The Kier molecular flexibility index (Phi) is 5.41. The van der Waals surface area contributed by atoms with Crippen molar-refractivity contribution in [2.24, 2.45) is 0 Å². The number of carbonyl (C=O) groups is 1. The van der Waals surface area contributed by atoms with Gasteiger partial charge in [0.05, 0.1) is 6.54 Å². The smallest absolute Gasteiger partial charge is 0.243 e. The van der Waals surface area contributed by atoms with Crippen LogP contribution in [-0.4, -0.2) is 25.5 Å². The van der Waals surface area contributed by atoms with Crippen molar-refractivity contribution in [3.8, 4) is 0 Å². The molecule has 5 heteroatoms. The molecule has 1 heterocycles. The summed E-state index contributed by atoms with van der Waals surface area (Å²) in [5, 5.41) is 6.11. The van der Waals surface area contributed by atoms with Gasteiger partial charge in [-0.05, 0) is 67.8 Å². The zero-order valence-corrected chi connectivity index (χ0v) is 15.4. The first-order valence-electron chi connectivity index (χ1n) is 8.27. The van der Waals surface area contributed by atoms with Crippen molar-refractivity contribution in [2.45, 2.75) is 19.8 Å². The number of carbonyl (C=O) groups excluding carboxylic acids is 1. The Morgan fingerprint density at radius 2 is 1.83 bits per heavy atom. The highest BCUT2D eigenvalue weighted by Gasteiger charge is 2.12. The van der Waals surface area contributed by atoms with Gasteiger partial charge in [-0.2, -0.15) is 0 Å². The van der Waals surface area contributed by atoms with Gasteiger partial charge in [0.1, 0.15) is 0 Å². The maximum Gasteiger partial charge on any atom is 0.243 e. The zero-order valence-electron chi connectivity index (χ0n) is 13.8. The molecule has 1 aliphatic rings. The third-order valence-electron chi connectivity index (χ3n) is 4.25. The average molecular weight is 388 g/mol. The molecule has 0 unspecified atom stereocenters. The minimum Gasteiger partial charge on any atom is -0.376 e. The Morgan fingerprint density at radius 3 is 2.50 bits per heavy atom. The number of rotatable bonds is 5. The number of aryl methyl sites for hydroxylation is 1. The minimum atomic E-state index is -0.0518. The molecule has 1 saturated heterocycles. The maximum absolute atomic E-state index is 12.1. The lowest BCUT2D eigenvalue weighted by atomic mass is 10.2. The summed E-state index contributed by atoms with van der Waals surface area (Å²) in [7, 11) is 0. The number of nitrogens with zero attached hydrogens (tertiary/aromatic N) is 1. The molecule has 0 spiro atoms. The van der Waals surface area contributed by atoms with Crippen LogP contribution in [0.25, 0.3) is 0 Å². The molecule has 2 aromatic rings. The van der Waals surface area contributed by atoms with E-state index >= 15 is 0 Å². The summed E-state index contributed by atoms with van der Waals surface area (Å²) in [6.07, 6.45) is 2.55. The van der Waals surface area contributed by atoms with Crippen LogP contribution in [0, 0.1) is 6.92 Å². The van der Waals surface area contributed by atoms with E-state index in [2.05, 4.69) is 43.6 Å². The van der Waals surface area contributed by atoms with E-state index in [0.29, 0.717) is 0 Å². The van der Waals surface area contributed by atoms with E-state index in [4.69, 9.17) is 0 Å². The van der Waals surface area contributed by atoms with Crippen molar-refractivity contribution in [1.29, 1.82) is 0 Å². The van der Waals surface area contributed by atoms with Crippen LogP contribution in [0.2, 0.25) is 0 Å². The van der Waals surface area contributed by atoms with Crippen LogP contribution in [0.1, 0.15) is 18.4 Å². The van der Waals surface area contributed by atoms with E-state index in [1.54, 1.807) is 0 Å². The van der Waals surface area contributed by atoms with Crippen molar-refractivity contribution in [1.82, 2.24) is 0 Å². The van der Waals surface area contributed by atoms with Gasteiger partial charge in [0.25, 0.3) is 0 Å². The molecule has 0 aromatic heterocycles. The number of hydrogen-bond acceptors (Lipinski definition) is 3. The Labute approximate surface area is 151 Å². The van der Waals surface area contributed by atoms with Gasteiger partial charge in [-0.3, -0.25) is 4.79 Å². The first-order valence-corrected chi connectivity index (χ1v) is 9.06. The Hall–Kier alpha value is -2.01. The Balaban J connectivity index is 1.52. The number of anilines is 3. The van der Waals surface area contributed by atoms with Crippen LogP contribution >= 0.6 is 15.9 Å². The summed E-state index contributed by atoms with van der Waals surface area (Å²) in [6, 6.07) is 14.1. The van der Waals surface area contributed by atoms with Crippen molar-refractivity contribution in [2.75, 3.05) is 35.2 Å². The summed E-state index contributed by atoms with van der Waals surface area (Å²) in [4.78, 5) is 14.5. The van der Waals surface area contributed by atoms with Crippen LogP contribution in [-0.2, 0) is 4.79 Å². The quantitative estimate of drug-likeness (QED) is 0.798. The van der Waals surface area contributed by atoms with Crippen LogP contribution in [0.5, 0.6) is 0 Å². The highest BCUT2D eigenvalue weighted by Crippen LogP contribution is 2.22. The second-order valence-electron chi connectivity index (χ2n) is 6.10. The fourth-order valence-corrected chi connectivity index (χ4v) is 3.39. The van der Waals surface area contributed by atoms with Gasteiger partial charge >= 0.3 is 0 Å². The average Bonchev–Trinajstić information content (AvgIpc) is 3.11. The van der Waals surface area contributed by atoms with E-state index in [1.165, 1.54) is 18.5 Å². The van der Waals surface area contributed by atoms with Gasteiger partial charge in [0, 0.05) is 34.6 Å². The zero-order chi connectivity index (χ0) is 16.9. The van der Waals surface area contributed by atoms with Gasteiger partial charge in [0.15, 0.2) is 0 Å². The third kappa shape index (κ3) is 4.29. The molecule has 1 fully saturated rings. The molecule has 2 N–H and O–H groups in total. The van der Waals surface area contributed by atoms with Crippen molar-refractivity contribution in [3.05, 3.63) is 52.5 Å². The molecule has 3 rings (SSSR count). The second-order valence-corrected chi connectivity index (χ2v) is 7.02. The van der Waals surface area contributed by atoms with E-state index in [-0.39, 0.29) is 12.5 Å². The highest BCUT2D eigenvalue weighted by atomic mass is 79.9. The number of hydrogen-bond donors (Lipinski definition) is 2. The summed E-state index contributed by atoms with van der Waals surface area (Å²) in [5.74, 6) is -0.0518. The molecular weight excluding hydrogens is 366 g/mol. The number of amides is 1. The summed E-state index contributed by atoms with van der Waals surface area (Å²) < 4.78 is 1.01. The van der Waals surface area contributed by atoms with Gasteiger partial charge in [0.2, 0.25) is 5.91 Å². The molecular formula is C19H22BrN3O. The third-order valence-corrected chi connectivity index (χ3v) is 4.75. The molecule has 0 atom stereocenters. The number of benzene rings is 2. The van der Waals surface area contributed by atoms with Crippen LogP contribution < -0.4 is 15.5 Å². The fourth-order valence-electron chi connectivity index (χ4n) is 2.91. The van der Waals surface area contributed by atoms with E-state index in [9.17, 15) is 4.79 Å². The van der Waals surface area contributed by atoms with E-state index in [1.807, 2.05) is 37.3 Å². The fraction of sp³-hybridized carbons (Fsp3) is 0.316. The Bertz CT molecular complexity index is 709. The topological polar surface area (TPSA) is 44.4 Å². The molecule has 0 aliphatic carbocycles. The lowest BCUT2D eigenvalue weighted by molar-refractivity contribution is -0.114. The maximum atomic E-state index is 12.1. The van der Waals surface area contributed by atoms with Crippen molar-refractivity contribution >= 4 is 38.9 Å². The number of nitrogens with one attached hydrogen (secondary N) is 2. The number of halogens is 1. The van der Waals surface area contributed by atoms with Gasteiger partial charge in [-0.25, -0.2) is 0 Å². The molecule has 2 aromatic carbocycles. The predicted molar refractivity (Wildman–Crippen MR) is 104 cm³/mol. The normalized spacial score (nSPS) is 13.8. The van der Waals surface area contributed by atoms with Crippen molar-refractivity contribution in [3.63, 3.8) is 0 Å². The van der Waals surface area contributed by atoms with Gasteiger partial charge < -0.3 is 15.5 Å². The molecule has 0 radical (unpaired) electrons. The largest absolute Gasteiger partial charge is 0.376 e. The predicted octanol–water partition coefficient (Wildman–Crippen LogP) is 4.41.